The van der Waals surface area contributed by atoms with Crippen molar-refractivity contribution in [2.24, 2.45) is 11.5 Å². The van der Waals surface area contributed by atoms with Crippen molar-refractivity contribution in [3.63, 3.8) is 0 Å². The Balaban J connectivity index is 1.75. The predicted octanol–water partition coefficient (Wildman–Crippen LogP) is -0.479. The first kappa shape index (κ1) is 11.0. The summed E-state index contributed by atoms with van der Waals surface area (Å²) in [5.74, 6) is 2.04. The largest absolute Gasteiger partial charge is 0.454 e. The minimum Gasteiger partial charge on any atom is -0.454 e. The van der Waals surface area contributed by atoms with Crippen molar-refractivity contribution < 1.29 is 14.0 Å². The van der Waals surface area contributed by atoms with Gasteiger partial charge in [0.1, 0.15) is 0 Å². The molecule has 3 rings (SSSR count). The van der Waals surface area contributed by atoms with Crippen LogP contribution in [0.25, 0.3) is 0 Å². The maximum Gasteiger partial charge on any atom is 0.341 e. The number of nitrogens with two attached hydrogens (primary N) is 2. The normalized spacial score (nSPS) is 18.0. The minimum atomic E-state index is 0.311. The van der Waals surface area contributed by atoms with Gasteiger partial charge in [0.25, 0.3) is 0 Å². The van der Waals surface area contributed by atoms with Gasteiger partial charge in [-0.25, -0.2) is 0 Å². The number of ether oxygens (including phenoxy) is 2. The summed E-state index contributed by atoms with van der Waals surface area (Å²) in [6.07, 6.45) is 0. The lowest BCUT2D eigenvalue weighted by atomic mass is 10.2. The fourth-order valence-electron chi connectivity index (χ4n) is 2.30. The maximum absolute atomic E-state index is 5.59. The van der Waals surface area contributed by atoms with Crippen LogP contribution in [0.15, 0.2) is 18.2 Å². The molecule has 2 aliphatic rings. The van der Waals surface area contributed by atoms with Crippen LogP contribution in [0, 0.1) is 0 Å². The highest BCUT2D eigenvalue weighted by atomic mass is 16.7. The van der Waals surface area contributed by atoms with Crippen LogP contribution in [-0.4, -0.2) is 43.5 Å². The van der Waals surface area contributed by atoms with E-state index in [9.17, 15) is 0 Å². The highest BCUT2D eigenvalue weighted by molar-refractivity contribution is 5.70. The van der Waals surface area contributed by atoms with Crippen LogP contribution in [0.1, 0.15) is 0 Å². The average Bonchev–Trinajstić information content (AvgIpc) is 2.86. The molecule has 0 radical (unpaired) electrons. The maximum atomic E-state index is 5.59. The van der Waals surface area contributed by atoms with Crippen molar-refractivity contribution in [1.29, 1.82) is 0 Å². The van der Waals surface area contributed by atoms with Crippen LogP contribution in [0.5, 0.6) is 11.5 Å². The number of benzene rings is 1. The zero-order valence-electron chi connectivity index (χ0n) is 10.1. The Labute approximate surface area is 105 Å². The molecule has 0 amide bonds. The predicted molar refractivity (Wildman–Crippen MR) is 68.2 cm³/mol. The van der Waals surface area contributed by atoms with Crippen molar-refractivity contribution in [2.75, 3.05) is 37.9 Å². The summed E-state index contributed by atoms with van der Waals surface area (Å²) in [5.41, 5.74) is 12.3. The number of anilines is 1. The van der Waals surface area contributed by atoms with Crippen molar-refractivity contribution in [3.8, 4) is 11.5 Å². The number of hydrogen-bond acceptors (Lipinski definition) is 3. The molecule has 6 nitrogen and oxygen atoms in total. The first-order valence-electron chi connectivity index (χ1n) is 6.01. The molecule has 96 valence electrons. The van der Waals surface area contributed by atoms with Crippen LogP contribution in [0.3, 0.4) is 0 Å². The van der Waals surface area contributed by atoms with E-state index in [0.29, 0.717) is 12.8 Å². The van der Waals surface area contributed by atoms with E-state index in [2.05, 4.69) is 11.0 Å². The molecule has 0 bridgehead atoms. The molecule has 1 fully saturated rings. The van der Waals surface area contributed by atoms with Gasteiger partial charge in [-0.3, -0.25) is 16.0 Å². The monoisotopic (exact) mass is 249 g/mol. The number of nitrogens with zero attached hydrogens (tertiary/aromatic N) is 2. The lowest BCUT2D eigenvalue weighted by molar-refractivity contribution is -0.531. The fraction of sp³-hybridized carbons (Fsp3) is 0.417. The number of rotatable bonds is 1. The molecule has 0 aliphatic carbocycles. The van der Waals surface area contributed by atoms with Gasteiger partial charge in [-0.1, -0.05) is 0 Å². The first-order chi connectivity index (χ1) is 8.74. The molecular weight excluding hydrogens is 232 g/mol. The van der Waals surface area contributed by atoms with Gasteiger partial charge in [0, 0.05) is 24.8 Å². The van der Waals surface area contributed by atoms with E-state index in [0.717, 1.165) is 43.4 Å². The number of piperazine rings is 1. The molecule has 2 heterocycles. The van der Waals surface area contributed by atoms with Gasteiger partial charge < -0.3 is 14.4 Å². The molecule has 1 aromatic carbocycles. The molecule has 1 saturated heterocycles. The molecule has 4 N–H and O–H groups in total. The lowest BCUT2D eigenvalue weighted by Crippen LogP contribution is -2.48. The highest BCUT2D eigenvalue weighted by Crippen LogP contribution is 2.35. The molecule has 6 heteroatoms. The second kappa shape index (κ2) is 4.29. The van der Waals surface area contributed by atoms with Gasteiger partial charge in [0.15, 0.2) is 11.5 Å². The third-order valence-corrected chi connectivity index (χ3v) is 3.37. The lowest BCUT2D eigenvalue weighted by Gasteiger charge is -2.30. The van der Waals surface area contributed by atoms with Gasteiger partial charge in [-0.2, -0.15) is 0 Å². The van der Waals surface area contributed by atoms with Crippen molar-refractivity contribution >= 4 is 11.6 Å². The Bertz CT molecular complexity index is 487. The highest BCUT2D eigenvalue weighted by Gasteiger charge is 2.20. The summed E-state index contributed by atoms with van der Waals surface area (Å²) < 4.78 is 12.7. The van der Waals surface area contributed by atoms with Crippen LogP contribution in [-0.2, 0) is 0 Å². The van der Waals surface area contributed by atoms with E-state index in [-0.39, 0.29) is 0 Å². The smallest absolute Gasteiger partial charge is 0.341 e. The Morgan fingerprint density at radius 2 is 1.83 bits per heavy atom. The standard InChI is InChI=1S/C12H16N4O2/c13-12(14)16-5-3-15(4-6-16)9-1-2-10-11(7-9)18-8-17-10/h1-2,7H,3-6,8H2,(H3,13,14)/p+1. The third kappa shape index (κ3) is 1.90. The molecule has 0 aromatic heterocycles. The van der Waals surface area contributed by atoms with Crippen molar-refractivity contribution in [2.45, 2.75) is 0 Å². The van der Waals surface area contributed by atoms with E-state index in [4.69, 9.17) is 20.9 Å². The summed E-state index contributed by atoms with van der Waals surface area (Å²) in [4.78, 5) is 2.29. The quantitative estimate of drug-likeness (QED) is 0.519. The summed E-state index contributed by atoms with van der Waals surface area (Å²) in [5, 5.41) is 0. The Kier molecular flexibility index (Phi) is 2.62. The topological polar surface area (TPSA) is 76.8 Å². The zero-order valence-corrected chi connectivity index (χ0v) is 10.1. The van der Waals surface area contributed by atoms with Gasteiger partial charge in [-0.05, 0) is 12.1 Å². The van der Waals surface area contributed by atoms with Crippen LogP contribution in [0.4, 0.5) is 5.69 Å². The molecular formula is C12H17N4O2+. The molecule has 1 aromatic rings. The average molecular weight is 249 g/mol. The van der Waals surface area contributed by atoms with E-state index in [1.54, 1.807) is 0 Å². The SMILES string of the molecule is NC(N)=[N+]1CCN(c2ccc3c(c2)OCO3)CC1. The van der Waals surface area contributed by atoms with Gasteiger partial charge in [0.05, 0.1) is 13.1 Å². The summed E-state index contributed by atoms with van der Waals surface area (Å²) in [7, 11) is 0. The number of hydrogen-bond donors (Lipinski definition) is 2. The number of fused-ring (bicyclic) bond motifs is 1. The Morgan fingerprint density at radius 1 is 1.11 bits per heavy atom. The molecule has 0 spiro atoms. The second-order valence-electron chi connectivity index (χ2n) is 4.44. The van der Waals surface area contributed by atoms with Crippen LogP contribution >= 0.6 is 0 Å². The second-order valence-corrected chi connectivity index (χ2v) is 4.44. The van der Waals surface area contributed by atoms with Gasteiger partial charge in [-0.15, -0.1) is 0 Å². The minimum absolute atomic E-state index is 0.311. The summed E-state index contributed by atoms with van der Waals surface area (Å²) in [6, 6.07) is 6.03. The third-order valence-electron chi connectivity index (χ3n) is 3.37. The molecule has 18 heavy (non-hydrogen) atoms. The van der Waals surface area contributed by atoms with E-state index < -0.39 is 0 Å². The Morgan fingerprint density at radius 3 is 2.56 bits per heavy atom. The van der Waals surface area contributed by atoms with Crippen molar-refractivity contribution in [1.82, 2.24) is 0 Å². The van der Waals surface area contributed by atoms with E-state index >= 15 is 0 Å². The van der Waals surface area contributed by atoms with Gasteiger partial charge in [0.2, 0.25) is 6.79 Å². The summed E-state index contributed by atoms with van der Waals surface area (Å²) in [6.45, 7) is 3.80. The fourth-order valence-corrected chi connectivity index (χ4v) is 2.30. The molecule has 0 unspecified atom stereocenters. The van der Waals surface area contributed by atoms with Crippen LogP contribution in [0.2, 0.25) is 0 Å². The van der Waals surface area contributed by atoms with E-state index in [1.807, 2.05) is 16.7 Å². The zero-order chi connectivity index (χ0) is 12.5. The van der Waals surface area contributed by atoms with Gasteiger partial charge >= 0.3 is 5.96 Å². The Hall–Kier alpha value is -2.11. The molecule has 0 atom stereocenters. The summed E-state index contributed by atoms with van der Waals surface area (Å²) >= 11 is 0. The van der Waals surface area contributed by atoms with E-state index in [1.165, 1.54) is 0 Å². The number of guanidine groups is 1. The first-order valence-corrected chi connectivity index (χ1v) is 6.01. The van der Waals surface area contributed by atoms with Crippen molar-refractivity contribution in [3.05, 3.63) is 18.2 Å². The molecule has 2 aliphatic heterocycles. The molecule has 0 saturated carbocycles. The van der Waals surface area contributed by atoms with Crippen LogP contribution < -0.4 is 25.8 Å².